The second kappa shape index (κ2) is 9.18. The molecule has 0 atom stereocenters. The third-order valence-corrected chi connectivity index (χ3v) is 8.51. The summed E-state index contributed by atoms with van der Waals surface area (Å²) in [5.74, 6) is 0. The van der Waals surface area contributed by atoms with Crippen LogP contribution in [0.5, 0.6) is 0 Å². The van der Waals surface area contributed by atoms with Gasteiger partial charge in [0.05, 0.1) is 27.8 Å². The summed E-state index contributed by atoms with van der Waals surface area (Å²) in [7, 11) is 0. The lowest BCUT2D eigenvalue weighted by atomic mass is 9.65. The van der Waals surface area contributed by atoms with Crippen LogP contribution in [0.1, 0.15) is 27.8 Å². The van der Waals surface area contributed by atoms with Gasteiger partial charge in [0.25, 0.3) is 0 Å². The summed E-state index contributed by atoms with van der Waals surface area (Å²) in [6, 6.07) is 54.6. The highest BCUT2D eigenvalue weighted by Crippen LogP contribution is 2.54. The number of hydrogen-bond acceptors (Lipinski definition) is 1. The number of rotatable bonds is 4. The summed E-state index contributed by atoms with van der Waals surface area (Å²) in [6.45, 7) is 2.15. The van der Waals surface area contributed by atoms with Gasteiger partial charge < -0.3 is 4.57 Å². The van der Waals surface area contributed by atoms with Gasteiger partial charge >= 0.3 is 0 Å². The Morgan fingerprint density at radius 2 is 1.20 bits per heavy atom. The zero-order chi connectivity index (χ0) is 27.4. The molecule has 0 saturated heterocycles. The SMILES string of the molecule is Cc1cccc(-n2c3ccccc3c3c4c(ccc32)C(c2ccccc2)(c2ccccc2)C(c2ccccc2)=N4)c1. The molecule has 8 rings (SSSR count). The first kappa shape index (κ1) is 23.7. The molecule has 0 radical (unpaired) electrons. The van der Waals surface area contributed by atoms with Gasteiger partial charge in [-0.25, -0.2) is 0 Å². The highest BCUT2D eigenvalue weighted by Gasteiger charge is 2.47. The highest BCUT2D eigenvalue weighted by atomic mass is 15.0. The van der Waals surface area contributed by atoms with Gasteiger partial charge in [-0.1, -0.05) is 127 Å². The van der Waals surface area contributed by atoms with E-state index in [1.165, 1.54) is 49.7 Å². The van der Waals surface area contributed by atoms with Crippen molar-refractivity contribution in [3.05, 3.63) is 179 Å². The van der Waals surface area contributed by atoms with E-state index in [-0.39, 0.29) is 0 Å². The maximum absolute atomic E-state index is 5.63. The molecular formula is C39H28N2. The average molecular weight is 525 g/mol. The van der Waals surface area contributed by atoms with E-state index in [1.807, 2.05) is 0 Å². The Kier molecular flexibility index (Phi) is 5.30. The predicted molar refractivity (Wildman–Crippen MR) is 171 cm³/mol. The zero-order valence-electron chi connectivity index (χ0n) is 22.8. The molecule has 1 aliphatic rings. The van der Waals surface area contributed by atoms with Crippen molar-refractivity contribution in [1.29, 1.82) is 0 Å². The minimum Gasteiger partial charge on any atom is -0.309 e. The molecule has 194 valence electrons. The van der Waals surface area contributed by atoms with E-state index in [0.29, 0.717) is 0 Å². The molecule has 0 saturated carbocycles. The van der Waals surface area contributed by atoms with Gasteiger partial charge in [0.15, 0.2) is 0 Å². The van der Waals surface area contributed by atoms with Crippen LogP contribution in [-0.4, -0.2) is 10.3 Å². The number of hydrogen-bond donors (Lipinski definition) is 0. The van der Waals surface area contributed by atoms with Crippen molar-refractivity contribution in [1.82, 2.24) is 4.57 Å². The van der Waals surface area contributed by atoms with Gasteiger partial charge in [0.1, 0.15) is 0 Å². The third-order valence-electron chi connectivity index (χ3n) is 8.51. The molecule has 41 heavy (non-hydrogen) atoms. The Balaban J connectivity index is 1.56. The lowest BCUT2D eigenvalue weighted by Gasteiger charge is -2.34. The summed E-state index contributed by atoms with van der Waals surface area (Å²) >= 11 is 0. The van der Waals surface area contributed by atoms with Crippen molar-refractivity contribution in [2.75, 3.05) is 0 Å². The monoisotopic (exact) mass is 524 g/mol. The Bertz CT molecular complexity index is 2050. The Labute approximate surface area is 239 Å². The Morgan fingerprint density at radius 1 is 0.561 bits per heavy atom. The molecule has 7 aromatic rings. The smallest absolute Gasteiger partial charge is 0.0901 e. The fraction of sp³-hybridized carbons (Fsp3) is 0.0513. The number of aryl methyl sites for hydroxylation is 1. The topological polar surface area (TPSA) is 17.3 Å². The quantitative estimate of drug-likeness (QED) is 0.218. The number of para-hydroxylation sites is 1. The van der Waals surface area contributed by atoms with E-state index >= 15 is 0 Å². The van der Waals surface area contributed by atoms with Crippen molar-refractivity contribution in [3.8, 4) is 5.69 Å². The zero-order valence-corrected chi connectivity index (χ0v) is 22.8. The normalized spacial score (nSPS) is 13.8. The summed E-state index contributed by atoms with van der Waals surface area (Å²) in [5.41, 5.74) is 11.1. The number of aromatic nitrogens is 1. The van der Waals surface area contributed by atoms with Crippen molar-refractivity contribution < 1.29 is 0 Å². The summed E-state index contributed by atoms with van der Waals surface area (Å²) in [6.07, 6.45) is 0. The van der Waals surface area contributed by atoms with Crippen molar-refractivity contribution >= 4 is 33.2 Å². The molecule has 2 nitrogen and oxygen atoms in total. The van der Waals surface area contributed by atoms with Crippen LogP contribution in [0.4, 0.5) is 5.69 Å². The van der Waals surface area contributed by atoms with E-state index in [2.05, 4.69) is 163 Å². The molecule has 0 bridgehead atoms. The molecule has 6 aromatic carbocycles. The summed E-state index contributed by atoms with van der Waals surface area (Å²) in [4.78, 5) is 5.63. The van der Waals surface area contributed by atoms with Crippen LogP contribution in [0.3, 0.4) is 0 Å². The van der Waals surface area contributed by atoms with Crippen LogP contribution in [0.15, 0.2) is 157 Å². The van der Waals surface area contributed by atoms with Gasteiger partial charge in [0.2, 0.25) is 0 Å². The van der Waals surface area contributed by atoms with E-state index in [9.17, 15) is 0 Å². The van der Waals surface area contributed by atoms with Gasteiger partial charge in [-0.3, -0.25) is 4.99 Å². The van der Waals surface area contributed by atoms with Crippen molar-refractivity contribution in [2.24, 2.45) is 4.99 Å². The summed E-state index contributed by atoms with van der Waals surface area (Å²) < 4.78 is 2.39. The van der Waals surface area contributed by atoms with Crippen LogP contribution >= 0.6 is 0 Å². The number of fused-ring (bicyclic) bond motifs is 5. The third kappa shape index (κ3) is 3.41. The van der Waals surface area contributed by atoms with Crippen molar-refractivity contribution in [2.45, 2.75) is 12.3 Å². The molecule has 0 N–H and O–H groups in total. The summed E-state index contributed by atoms with van der Waals surface area (Å²) in [5, 5.41) is 2.41. The van der Waals surface area contributed by atoms with Crippen LogP contribution in [0, 0.1) is 6.92 Å². The number of aliphatic imine (C=N–C) groups is 1. The van der Waals surface area contributed by atoms with Gasteiger partial charge in [-0.05, 0) is 59.0 Å². The van der Waals surface area contributed by atoms with Crippen molar-refractivity contribution in [3.63, 3.8) is 0 Å². The Hall–Kier alpha value is -5.21. The van der Waals surface area contributed by atoms with Crippen LogP contribution < -0.4 is 0 Å². The fourth-order valence-electron chi connectivity index (χ4n) is 6.83. The first-order chi connectivity index (χ1) is 20.3. The largest absolute Gasteiger partial charge is 0.309 e. The second-order valence-corrected chi connectivity index (χ2v) is 10.9. The van der Waals surface area contributed by atoms with Crippen LogP contribution in [0.25, 0.3) is 27.5 Å². The second-order valence-electron chi connectivity index (χ2n) is 10.9. The standard InChI is InChI=1S/C39H28N2/c1-27-14-13-21-31(26-27)41-34-23-12-11-22-32(34)36-35(41)25-24-33-37(36)40-38(28-15-5-2-6-16-28)39(33,29-17-7-3-8-18-29)30-19-9-4-10-20-30/h2-26H,1H3. The first-order valence-corrected chi connectivity index (χ1v) is 14.2. The lowest BCUT2D eigenvalue weighted by Crippen LogP contribution is -2.36. The average Bonchev–Trinajstić information content (AvgIpc) is 3.56. The van der Waals surface area contributed by atoms with E-state index in [0.717, 1.165) is 17.0 Å². The predicted octanol–water partition coefficient (Wildman–Crippen LogP) is 9.56. The van der Waals surface area contributed by atoms with Crippen LogP contribution in [0.2, 0.25) is 0 Å². The first-order valence-electron chi connectivity index (χ1n) is 14.2. The maximum atomic E-state index is 5.63. The minimum absolute atomic E-state index is 0.556. The molecule has 1 aromatic heterocycles. The minimum atomic E-state index is -0.556. The van der Waals surface area contributed by atoms with E-state index in [4.69, 9.17) is 4.99 Å². The fourth-order valence-corrected chi connectivity index (χ4v) is 6.83. The maximum Gasteiger partial charge on any atom is 0.0901 e. The molecule has 0 unspecified atom stereocenters. The molecular weight excluding hydrogens is 496 g/mol. The molecule has 2 heterocycles. The van der Waals surface area contributed by atoms with Crippen LogP contribution in [-0.2, 0) is 5.41 Å². The van der Waals surface area contributed by atoms with E-state index in [1.54, 1.807) is 0 Å². The van der Waals surface area contributed by atoms with Gasteiger partial charge in [0, 0.05) is 16.5 Å². The number of nitrogens with zero attached hydrogens (tertiary/aromatic N) is 2. The number of benzene rings is 6. The molecule has 0 fully saturated rings. The molecule has 0 amide bonds. The highest BCUT2D eigenvalue weighted by molar-refractivity contribution is 6.23. The molecule has 1 aliphatic heterocycles. The molecule has 2 heteroatoms. The van der Waals surface area contributed by atoms with Gasteiger partial charge in [-0.2, -0.15) is 0 Å². The Morgan fingerprint density at radius 3 is 1.88 bits per heavy atom. The molecule has 0 spiro atoms. The van der Waals surface area contributed by atoms with E-state index < -0.39 is 5.41 Å². The van der Waals surface area contributed by atoms with Gasteiger partial charge in [-0.15, -0.1) is 0 Å². The lowest BCUT2D eigenvalue weighted by molar-refractivity contribution is 0.852. The molecule has 0 aliphatic carbocycles.